The van der Waals surface area contributed by atoms with Crippen LogP contribution >= 0.6 is 11.8 Å². The van der Waals surface area contributed by atoms with E-state index in [4.69, 9.17) is 0 Å². The number of carbonyl (C=O) groups excluding carboxylic acids is 1. The molecule has 0 saturated carbocycles. The molecule has 1 heterocycles. The molecule has 0 bridgehead atoms. The molecule has 8 heteroatoms. The molecule has 3 rings (SSSR count). The molecule has 2 aromatic rings. The van der Waals surface area contributed by atoms with Gasteiger partial charge in [0.2, 0.25) is 5.91 Å². The predicted molar refractivity (Wildman–Crippen MR) is 109 cm³/mol. The smallest absolute Gasteiger partial charge is 0.265 e. The van der Waals surface area contributed by atoms with Crippen molar-refractivity contribution in [3.63, 3.8) is 0 Å². The molecule has 27 heavy (non-hydrogen) atoms. The van der Waals surface area contributed by atoms with E-state index in [0.717, 1.165) is 5.56 Å². The summed E-state index contributed by atoms with van der Waals surface area (Å²) in [4.78, 5) is 15.7. The summed E-state index contributed by atoms with van der Waals surface area (Å²) in [6.07, 6.45) is 0. The van der Waals surface area contributed by atoms with Crippen LogP contribution in [0.1, 0.15) is 24.7 Å². The van der Waals surface area contributed by atoms with Crippen LogP contribution in [0, 0.1) is 0 Å². The lowest BCUT2D eigenvalue weighted by Gasteiger charge is -2.22. The number of anilines is 1. The predicted octanol–water partition coefficient (Wildman–Crippen LogP) is 3.50. The largest absolute Gasteiger partial charge is 0.326 e. The fourth-order valence-electron chi connectivity index (χ4n) is 2.72. The summed E-state index contributed by atoms with van der Waals surface area (Å²) in [5.41, 5.74) is 1.68. The number of nitrogens with zero attached hydrogens (tertiary/aromatic N) is 2. The van der Waals surface area contributed by atoms with Crippen molar-refractivity contribution in [2.75, 3.05) is 18.4 Å². The van der Waals surface area contributed by atoms with E-state index in [9.17, 15) is 13.2 Å². The zero-order valence-corrected chi connectivity index (χ0v) is 16.8. The van der Waals surface area contributed by atoms with E-state index in [0.29, 0.717) is 23.9 Å². The second-order valence-corrected chi connectivity index (χ2v) is 9.29. The number of aliphatic imine (C=N–C) groups is 1. The Kier molecular flexibility index (Phi) is 5.86. The highest BCUT2D eigenvalue weighted by Crippen LogP contribution is 2.33. The van der Waals surface area contributed by atoms with Crippen molar-refractivity contribution in [1.82, 2.24) is 4.31 Å². The van der Waals surface area contributed by atoms with Crippen LogP contribution in [-0.2, 0) is 14.8 Å². The standard InChI is InChI=1S/C19H21N3O3S2/c1-14(16-6-4-3-5-7-16)26-19-20-12-13-22(19)27(24,25)18-10-8-17(9-11-18)21-15(2)23/h3-11,14H,12-13H2,1-2H3,(H,21,23). The first kappa shape index (κ1) is 19.4. The van der Waals surface area contributed by atoms with E-state index in [1.807, 2.05) is 37.3 Å². The van der Waals surface area contributed by atoms with Crippen molar-refractivity contribution in [2.45, 2.75) is 24.0 Å². The summed E-state index contributed by atoms with van der Waals surface area (Å²) in [6, 6.07) is 16.1. The van der Waals surface area contributed by atoms with Gasteiger partial charge in [-0.05, 0) is 36.8 Å². The number of rotatable bonds is 5. The average molecular weight is 404 g/mol. The van der Waals surface area contributed by atoms with Gasteiger partial charge >= 0.3 is 0 Å². The molecule has 0 aliphatic carbocycles. The number of amides is 1. The van der Waals surface area contributed by atoms with E-state index in [1.165, 1.54) is 35.1 Å². The quantitative estimate of drug-likeness (QED) is 0.829. The Morgan fingerprint density at radius 2 is 1.81 bits per heavy atom. The zero-order chi connectivity index (χ0) is 19.4. The van der Waals surface area contributed by atoms with Gasteiger partial charge in [0.15, 0.2) is 5.17 Å². The molecule has 1 N–H and O–H groups in total. The first-order chi connectivity index (χ1) is 12.9. The number of hydrogen-bond donors (Lipinski definition) is 1. The summed E-state index contributed by atoms with van der Waals surface area (Å²) in [5, 5.41) is 3.23. The molecule has 6 nitrogen and oxygen atoms in total. The van der Waals surface area contributed by atoms with Gasteiger partial charge in [0.1, 0.15) is 0 Å². The van der Waals surface area contributed by atoms with E-state index in [1.54, 1.807) is 12.1 Å². The maximum Gasteiger partial charge on any atom is 0.265 e. The van der Waals surface area contributed by atoms with Crippen molar-refractivity contribution in [3.8, 4) is 0 Å². The van der Waals surface area contributed by atoms with Gasteiger partial charge in [-0.1, -0.05) is 42.1 Å². The molecule has 0 fully saturated rings. The molecule has 142 valence electrons. The number of benzene rings is 2. The molecular formula is C19H21N3O3S2. The van der Waals surface area contributed by atoms with Gasteiger partial charge in [-0.15, -0.1) is 0 Å². The van der Waals surface area contributed by atoms with Crippen LogP contribution in [0.3, 0.4) is 0 Å². The summed E-state index contributed by atoms with van der Waals surface area (Å²) in [5.74, 6) is -0.203. The van der Waals surface area contributed by atoms with Gasteiger partial charge in [-0.2, -0.15) is 0 Å². The molecular weight excluding hydrogens is 382 g/mol. The molecule has 1 aliphatic heterocycles. The Morgan fingerprint density at radius 1 is 1.15 bits per heavy atom. The second-order valence-electron chi connectivity index (χ2n) is 6.12. The van der Waals surface area contributed by atoms with Crippen LogP contribution in [0.5, 0.6) is 0 Å². The Balaban J connectivity index is 1.77. The van der Waals surface area contributed by atoms with Crippen LogP contribution in [0.25, 0.3) is 0 Å². The molecule has 2 aromatic carbocycles. The van der Waals surface area contributed by atoms with E-state index in [2.05, 4.69) is 10.3 Å². The minimum absolute atomic E-state index is 0.0860. The zero-order valence-electron chi connectivity index (χ0n) is 15.1. The molecule has 0 spiro atoms. The fourth-order valence-corrected chi connectivity index (χ4v) is 5.45. The first-order valence-electron chi connectivity index (χ1n) is 8.54. The molecule has 1 amide bonds. The van der Waals surface area contributed by atoms with Gasteiger partial charge in [0.25, 0.3) is 10.0 Å². The summed E-state index contributed by atoms with van der Waals surface area (Å²) in [6.45, 7) is 4.23. The summed E-state index contributed by atoms with van der Waals surface area (Å²) in [7, 11) is -3.69. The van der Waals surface area contributed by atoms with Gasteiger partial charge in [-0.3, -0.25) is 9.79 Å². The van der Waals surface area contributed by atoms with Crippen LogP contribution in [0.15, 0.2) is 64.5 Å². The number of nitrogens with one attached hydrogen (secondary N) is 1. The van der Waals surface area contributed by atoms with Gasteiger partial charge < -0.3 is 5.32 Å². The number of amidine groups is 1. The van der Waals surface area contributed by atoms with Crippen molar-refractivity contribution in [2.24, 2.45) is 4.99 Å². The number of carbonyl (C=O) groups is 1. The SMILES string of the molecule is CC(=O)Nc1ccc(S(=O)(=O)N2CCN=C2SC(C)c2ccccc2)cc1. The first-order valence-corrected chi connectivity index (χ1v) is 10.9. The van der Waals surface area contributed by atoms with Crippen LogP contribution in [-0.4, -0.2) is 36.9 Å². The van der Waals surface area contributed by atoms with Crippen LogP contribution in [0.4, 0.5) is 5.69 Å². The van der Waals surface area contributed by atoms with Crippen molar-refractivity contribution >= 4 is 38.5 Å². The highest BCUT2D eigenvalue weighted by molar-refractivity contribution is 8.15. The second kappa shape index (κ2) is 8.14. The lowest BCUT2D eigenvalue weighted by atomic mass is 10.2. The summed E-state index contributed by atoms with van der Waals surface area (Å²) < 4.78 is 27.4. The van der Waals surface area contributed by atoms with Gasteiger partial charge in [0.05, 0.1) is 18.0 Å². The number of thioether (sulfide) groups is 1. The van der Waals surface area contributed by atoms with E-state index in [-0.39, 0.29) is 16.1 Å². The van der Waals surface area contributed by atoms with Crippen molar-refractivity contribution in [3.05, 3.63) is 60.2 Å². The Labute approximate surface area is 163 Å². The van der Waals surface area contributed by atoms with Crippen molar-refractivity contribution < 1.29 is 13.2 Å². The third-order valence-electron chi connectivity index (χ3n) is 4.08. The molecule has 1 unspecified atom stereocenters. The monoisotopic (exact) mass is 403 g/mol. The molecule has 0 saturated heterocycles. The lowest BCUT2D eigenvalue weighted by molar-refractivity contribution is -0.114. The highest BCUT2D eigenvalue weighted by atomic mass is 32.2. The van der Waals surface area contributed by atoms with E-state index < -0.39 is 10.0 Å². The normalized spacial score (nSPS) is 15.3. The van der Waals surface area contributed by atoms with Crippen molar-refractivity contribution in [1.29, 1.82) is 0 Å². The lowest BCUT2D eigenvalue weighted by Crippen LogP contribution is -2.33. The molecule has 0 aromatic heterocycles. The molecule has 0 radical (unpaired) electrons. The van der Waals surface area contributed by atoms with Gasteiger partial charge in [0, 0.05) is 17.9 Å². The Bertz CT molecular complexity index is 942. The third kappa shape index (κ3) is 4.51. The average Bonchev–Trinajstić information content (AvgIpc) is 3.11. The maximum atomic E-state index is 13.0. The number of sulfonamides is 1. The topological polar surface area (TPSA) is 78.8 Å². The minimum atomic E-state index is -3.69. The molecule has 1 atom stereocenters. The van der Waals surface area contributed by atoms with E-state index >= 15 is 0 Å². The minimum Gasteiger partial charge on any atom is -0.326 e. The number of hydrogen-bond acceptors (Lipinski definition) is 5. The maximum absolute atomic E-state index is 13.0. The molecule has 1 aliphatic rings. The Hall–Kier alpha value is -2.32. The Morgan fingerprint density at radius 3 is 2.44 bits per heavy atom. The fraction of sp³-hybridized carbons (Fsp3) is 0.263. The van der Waals surface area contributed by atoms with Crippen LogP contribution in [0.2, 0.25) is 0 Å². The third-order valence-corrected chi connectivity index (χ3v) is 7.18. The highest BCUT2D eigenvalue weighted by Gasteiger charge is 2.32. The van der Waals surface area contributed by atoms with Crippen LogP contribution < -0.4 is 5.32 Å². The summed E-state index contributed by atoms with van der Waals surface area (Å²) >= 11 is 1.44. The van der Waals surface area contributed by atoms with Gasteiger partial charge in [-0.25, -0.2) is 12.7 Å².